The van der Waals surface area contributed by atoms with Gasteiger partial charge in [0.2, 0.25) is 0 Å². The maximum atomic E-state index is 5.11. The molecule has 1 aliphatic carbocycles. The van der Waals surface area contributed by atoms with Crippen molar-refractivity contribution in [1.29, 1.82) is 0 Å². The van der Waals surface area contributed by atoms with Gasteiger partial charge in [-0.05, 0) is 42.3 Å². The van der Waals surface area contributed by atoms with Crippen LogP contribution in [-0.2, 0) is 11.2 Å². The van der Waals surface area contributed by atoms with Gasteiger partial charge >= 0.3 is 0 Å². The summed E-state index contributed by atoms with van der Waals surface area (Å²) in [6.07, 6.45) is 2.37. The lowest BCUT2D eigenvalue weighted by molar-refractivity contribution is 0.202. The van der Waals surface area contributed by atoms with Crippen LogP contribution < -0.4 is 5.32 Å². The van der Waals surface area contributed by atoms with Crippen LogP contribution in [-0.4, -0.2) is 20.3 Å². The highest BCUT2D eigenvalue weighted by Gasteiger charge is 2.39. The molecule has 1 saturated carbocycles. The molecule has 1 N–H and O–H groups in total. The SMILES string of the molecule is CCNC(c1ccc(CCOC)cc1)C1CC1C. The molecule has 2 heteroatoms. The van der Waals surface area contributed by atoms with Crippen molar-refractivity contribution < 1.29 is 4.74 Å². The molecule has 3 atom stereocenters. The second-order valence-corrected chi connectivity index (χ2v) is 5.40. The van der Waals surface area contributed by atoms with Crippen molar-refractivity contribution >= 4 is 0 Å². The first kappa shape index (κ1) is 13.6. The number of hydrogen-bond donors (Lipinski definition) is 1. The summed E-state index contributed by atoms with van der Waals surface area (Å²) in [5.41, 5.74) is 2.80. The Kier molecular flexibility index (Phi) is 4.79. The summed E-state index contributed by atoms with van der Waals surface area (Å²) in [4.78, 5) is 0. The summed E-state index contributed by atoms with van der Waals surface area (Å²) in [6, 6.07) is 9.59. The molecule has 3 unspecified atom stereocenters. The van der Waals surface area contributed by atoms with Gasteiger partial charge in [0.25, 0.3) is 0 Å². The van der Waals surface area contributed by atoms with Crippen molar-refractivity contribution in [3.8, 4) is 0 Å². The topological polar surface area (TPSA) is 21.3 Å². The Labute approximate surface area is 111 Å². The Bertz CT molecular complexity index is 360. The zero-order valence-corrected chi connectivity index (χ0v) is 11.8. The van der Waals surface area contributed by atoms with E-state index in [2.05, 4.69) is 43.4 Å². The molecule has 0 aliphatic heterocycles. The van der Waals surface area contributed by atoms with Crippen LogP contribution in [0.25, 0.3) is 0 Å². The van der Waals surface area contributed by atoms with Gasteiger partial charge in [0.05, 0.1) is 6.61 Å². The minimum Gasteiger partial charge on any atom is -0.384 e. The van der Waals surface area contributed by atoms with Crippen molar-refractivity contribution in [2.24, 2.45) is 11.8 Å². The molecule has 18 heavy (non-hydrogen) atoms. The van der Waals surface area contributed by atoms with Crippen molar-refractivity contribution in [1.82, 2.24) is 5.32 Å². The van der Waals surface area contributed by atoms with Crippen molar-refractivity contribution in [2.45, 2.75) is 32.7 Å². The number of hydrogen-bond acceptors (Lipinski definition) is 2. The summed E-state index contributed by atoms with van der Waals surface area (Å²) in [5.74, 6) is 1.71. The second kappa shape index (κ2) is 6.35. The molecule has 1 aromatic carbocycles. The van der Waals surface area contributed by atoms with Crippen LogP contribution in [0.2, 0.25) is 0 Å². The van der Waals surface area contributed by atoms with Crippen molar-refractivity contribution in [3.63, 3.8) is 0 Å². The third-order valence-corrected chi connectivity index (χ3v) is 3.96. The zero-order valence-electron chi connectivity index (χ0n) is 11.8. The summed E-state index contributed by atoms with van der Waals surface area (Å²) >= 11 is 0. The van der Waals surface area contributed by atoms with Crippen LogP contribution in [0, 0.1) is 11.8 Å². The Morgan fingerprint density at radius 3 is 2.50 bits per heavy atom. The first-order chi connectivity index (χ1) is 8.76. The molecule has 1 aliphatic rings. The first-order valence-electron chi connectivity index (χ1n) is 7.07. The number of methoxy groups -OCH3 is 1. The summed E-state index contributed by atoms with van der Waals surface area (Å²) in [6.45, 7) is 6.38. The van der Waals surface area contributed by atoms with Crippen LogP contribution in [0.15, 0.2) is 24.3 Å². The lowest BCUT2D eigenvalue weighted by atomic mass is 9.99. The molecule has 0 heterocycles. The fraction of sp³-hybridized carbons (Fsp3) is 0.625. The van der Waals surface area contributed by atoms with Crippen LogP contribution in [0.3, 0.4) is 0 Å². The fourth-order valence-electron chi connectivity index (χ4n) is 2.66. The van der Waals surface area contributed by atoms with E-state index in [0.29, 0.717) is 6.04 Å². The molecule has 0 bridgehead atoms. The van der Waals surface area contributed by atoms with Gasteiger partial charge in [-0.2, -0.15) is 0 Å². The molecule has 1 aromatic rings. The monoisotopic (exact) mass is 247 g/mol. The van der Waals surface area contributed by atoms with E-state index in [-0.39, 0.29) is 0 Å². The highest BCUT2D eigenvalue weighted by molar-refractivity contribution is 5.27. The predicted octanol–water partition coefficient (Wildman–Crippen LogP) is 3.18. The van der Waals surface area contributed by atoms with Crippen LogP contribution in [0.1, 0.15) is 37.4 Å². The van der Waals surface area contributed by atoms with E-state index >= 15 is 0 Å². The molecule has 1 fully saturated rings. The minimum absolute atomic E-state index is 0.543. The Balaban J connectivity index is 2.01. The quantitative estimate of drug-likeness (QED) is 0.799. The van der Waals surface area contributed by atoms with Gasteiger partial charge in [0, 0.05) is 13.2 Å². The normalized spacial score (nSPS) is 23.9. The Morgan fingerprint density at radius 2 is 2.00 bits per heavy atom. The molecule has 100 valence electrons. The Hall–Kier alpha value is -0.860. The van der Waals surface area contributed by atoms with Crippen molar-refractivity contribution in [2.75, 3.05) is 20.3 Å². The van der Waals surface area contributed by atoms with Gasteiger partial charge in [-0.15, -0.1) is 0 Å². The summed E-state index contributed by atoms with van der Waals surface area (Å²) in [5, 5.41) is 3.63. The van der Waals surface area contributed by atoms with E-state index in [1.54, 1.807) is 7.11 Å². The van der Waals surface area contributed by atoms with E-state index in [1.165, 1.54) is 17.5 Å². The summed E-state index contributed by atoms with van der Waals surface area (Å²) in [7, 11) is 1.75. The standard InChI is InChI=1S/C16H25NO/c1-4-17-16(15-11-12(15)2)14-7-5-13(6-8-14)9-10-18-3/h5-8,12,15-17H,4,9-11H2,1-3H3. The largest absolute Gasteiger partial charge is 0.384 e. The lowest BCUT2D eigenvalue weighted by Gasteiger charge is -2.18. The number of nitrogens with one attached hydrogen (secondary N) is 1. The molecule has 0 spiro atoms. The molecule has 0 aromatic heterocycles. The van der Waals surface area contributed by atoms with Gasteiger partial charge in [-0.3, -0.25) is 0 Å². The maximum Gasteiger partial charge on any atom is 0.0502 e. The molecule has 2 rings (SSSR count). The van der Waals surface area contributed by atoms with Gasteiger partial charge < -0.3 is 10.1 Å². The van der Waals surface area contributed by atoms with E-state index in [0.717, 1.165) is 31.4 Å². The smallest absolute Gasteiger partial charge is 0.0502 e. The predicted molar refractivity (Wildman–Crippen MR) is 75.7 cm³/mol. The van der Waals surface area contributed by atoms with Gasteiger partial charge in [0.1, 0.15) is 0 Å². The average Bonchev–Trinajstić information content (AvgIpc) is 3.11. The zero-order chi connectivity index (χ0) is 13.0. The maximum absolute atomic E-state index is 5.11. The molecule has 0 radical (unpaired) electrons. The van der Waals surface area contributed by atoms with E-state index in [1.807, 2.05) is 0 Å². The summed E-state index contributed by atoms with van der Waals surface area (Å²) < 4.78 is 5.11. The molecule has 0 amide bonds. The first-order valence-corrected chi connectivity index (χ1v) is 7.07. The molecular formula is C16H25NO. The van der Waals surface area contributed by atoms with Crippen LogP contribution >= 0.6 is 0 Å². The van der Waals surface area contributed by atoms with Crippen molar-refractivity contribution in [3.05, 3.63) is 35.4 Å². The lowest BCUT2D eigenvalue weighted by Crippen LogP contribution is -2.23. The van der Waals surface area contributed by atoms with E-state index < -0.39 is 0 Å². The minimum atomic E-state index is 0.543. The fourth-order valence-corrected chi connectivity index (χ4v) is 2.66. The third-order valence-electron chi connectivity index (χ3n) is 3.96. The van der Waals surface area contributed by atoms with Gasteiger partial charge in [0.15, 0.2) is 0 Å². The van der Waals surface area contributed by atoms with Crippen LogP contribution in [0.4, 0.5) is 0 Å². The van der Waals surface area contributed by atoms with E-state index in [9.17, 15) is 0 Å². The van der Waals surface area contributed by atoms with E-state index in [4.69, 9.17) is 4.74 Å². The van der Waals surface area contributed by atoms with Gasteiger partial charge in [-0.1, -0.05) is 38.1 Å². The number of rotatable bonds is 7. The number of ether oxygens (including phenoxy) is 1. The second-order valence-electron chi connectivity index (χ2n) is 5.40. The highest BCUT2D eigenvalue weighted by Crippen LogP contribution is 2.46. The third kappa shape index (κ3) is 3.33. The number of benzene rings is 1. The van der Waals surface area contributed by atoms with Crippen LogP contribution in [0.5, 0.6) is 0 Å². The molecule has 2 nitrogen and oxygen atoms in total. The average molecular weight is 247 g/mol. The molecule has 0 saturated heterocycles. The van der Waals surface area contributed by atoms with Gasteiger partial charge in [-0.25, -0.2) is 0 Å². The Morgan fingerprint density at radius 1 is 1.33 bits per heavy atom. The molecular weight excluding hydrogens is 222 g/mol. The highest BCUT2D eigenvalue weighted by atomic mass is 16.5.